The summed E-state index contributed by atoms with van der Waals surface area (Å²) in [7, 11) is 0. The van der Waals surface area contributed by atoms with E-state index in [0.29, 0.717) is 5.92 Å². The van der Waals surface area contributed by atoms with E-state index in [9.17, 15) is 9.90 Å². The summed E-state index contributed by atoms with van der Waals surface area (Å²) in [5, 5.41) is 9.29. The molecule has 1 saturated heterocycles. The Kier molecular flexibility index (Phi) is 3.76. The summed E-state index contributed by atoms with van der Waals surface area (Å²) >= 11 is 0. The molecule has 1 heterocycles. The number of carboxylic acid groups (broad SMARTS) is 1. The molecule has 1 N–H and O–H groups in total. The van der Waals surface area contributed by atoms with Gasteiger partial charge in [0.25, 0.3) is 0 Å². The zero-order valence-corrected chi connectivity index (χ0v) is 11.1. The minimum absolute atomic E-state index is 0.313. The Labute approximate surface area is 104 Å². The highest BCUT2D eigenvalue weighted by Crippen LogP contribution is 2.36. The van der Waals surface area contributed by atoms with Gasteiger partial charge in [-0.05, 0) is 58.0 Å². The molecule has 1 aliphatic heterocycles. The van der Waals surface area contributed by atoms with E-state index in [1.165, 1.54) is 32.4 Å². The Hall–Kier alpha value is -0.570. The van der Waals surface area contributed by atoms with Gasteiger partial charge in [-0.25, -0.2) is 0 Å². The first kappa shape index (κ1) is 12.9. The fourth-order valence-electron chi connectivity index (χ4n) is 2.79. The van der Waals surface area contributed by atoms with Gasteiger partial charge in [0.05, 0.1) is 5.41 Å². The molecule has 0 aromatic heterocycles. The van der Waals surface area contributed by atoms with Crippen molar-refractivity contribution in [1.82, 2.24) is 4.90 Å². The molecule has 2 rings (SSSR count). The van der Waals surface area contributed by atoms with E-state index < -0.39 is 11.4 Å². The van der Waals surface area contributed by atoms with Gasteiger partial charge in [-0.2, -0.15) is 0 Å². The number of carbonyl (C=O) groups is 1. The quantitative estimate of drug-likeness (QED) is 0.801. The van der Waals surface area contributed by atoms with Crippen molar-refractivity contribution in [2.24, 2.45) is 17.3 Å². The van der Waals surface area contributed by atoms with Crippen LogP contribution in [-0.2, 0) is 4.79 Å². The Balaban J connectivity index is 1.84. The molecule has 1 atom stereocenters. The van der Waals surface area contributed by atoms with E-state index in [1.807, 2.05) is 13.8 Å². The lowest BCUT2D eigenvalue weighted by Gasteiger charge is -2.39. The summed E-state index contributed by atoms with van der Waals surface area (Å²) in [4.78, 5) is 13.8. The van der Waals surface area contributed by atoms with Gasteiger partial charge in [-0.15, -0.1) is 0 Å². The molecule has 0 aromatic carbocycles. The number of rotatable bonds is 5. The number of hydrogen-bond acceptors (Lipinski definition) is 2. The molecule has 1 unspecified atom stereocenters. The Morgan fingerprint density at radius 2 is 2.06 bits per heavy atom. The summed E-state index contributed by atoms with van der Waals surface area (Å²) in [6, 6.07) is 0. The van der Waals surface area contributed by atoms with Gasteiger partial charge < -0.3 is 10.0 Å². The number of aliphatic carboxylic acids is 1. The molecule has 0 amide bonds. The van der Waals surface area contributed by atoms with Crippen molar-refractivity contribution < 1.29 is 9.90 Å². The third-order valence-electron chi connectivity index (χ3n) is 4.63. The molecule has 0 radical (unpaired) electrons. The van der Waals surface area contributed by atoms with Crippen LogP contribution < -0.4 is 0 Å². The van der Waals surface area contributed by atoms with Gasteiger partial charge in [-0.1, -0.05) is 12.8 Å². The van der Waals surface area contributed by atoms with Crippen LogP contribution in [0.2, 0.25) is 0 Å². The van der Waals surface area contributed by atoms with E-state index in [1.54, 1.807) is 0 Å². The number of carboxylic acids is 1. The molecule has 1 aliphatic carbocycles. The van der Waals surface area contributed by atoms with E-state index in [2.05, 4.69) is 4.90 Å². The number of likely N-dealkylation sites (tertiary alicyclic amines) is 1. The van der Waals surface area contributed by atoms with Gasteiger partial charge in [-0.3, -0.25) is 4.79 Å². The van der Waals surface area contributed by atoms with Gasteiger partial charge in [0.15, 0.2) is 0 Å². The molecule has 0 aromatic rings. The molecule has 0 spiro atoms. The van der Waals surface area contributed by atoms with Gasteiger partial charge in [0.2, 0.25) is 0 Å². The van der Waals surface area contributed by atoms with Crippen molar-refractivity contribution in [2.45, 2.75) is 46.0 Å². The van der Waals surface area contributed by atoms with Crippen LogP contribution in [0.25, 0.3) is 0 Å². The van der Waals surface area contributed by atoms with Crippen molar-refractivity contribution in [2.75, 3.05) is 19.6 Å². The summed E-state index contributed by atoms with van der Waals surface area (Å²) in [5.74, 6) is 0.641. The molecule has 1 saturated carbocycles. The topological polar surface area (TPSA) is 40.5 Å². The molecular weight excluding hydrogens is 214 g/mol. The first-order chi connectivity index (χ1) is 8.00. The summed E-state index contributed by atoms with van der Waals surface area (Å²) in [6.07, 6.45) is 6.38. The van der Waals surface area contributed by atoms with Crippen LogP contribution in [0.3, 0.4) is 0 Å². The lowest BCUT2D eigenvalue weighted by Crippen LogP contribution is -2.45. The molecule has 2 fully saturated rings. The lowest BCUT2D eigenvalue weighted by atomic mass is 9.74. The third-order valence-corrected chi connectivity index (χ3v) is 4.63. The van der Waals surface area contributed by atoms with E-state index in [0.717, 1.165) is 25.3 Å². The molecule has 3 nitrogen and oxygen atoms in total. The van der Waals surface area contributed by atoms with Crippen LogP contribution in [-0.4, -0.2) is 35.6 Å². The SMILES string of the molecule is CC(C)(C(=O)O)C1CCCN(CCC2CC2)C1. The normalized spacial score (nSPS) is 27.1. The van der Waals surface area contributed by atoms with Crippen LogP contribution in [0.15, 0.2) is 0 Å². The Morgan fingerprint density at radius 3 is 2.65 bits per heavy atom. The Morgan fingerprint density at radius 1 is 1.35 bits per heavy atom. The third kappa shape index (κ3) is 3.21. The zero-order valence-electron chi connectivity index (χ0n) is 11.1. The first-order valence-corrected chi connectivity index (χ1v) is 6.96. The maximum atomic E-state index is 11.3. The van der Waals surface area contributed by atoms with Crippen LogP contribution in [0.1, 0.15) is 46.0 Å². The smallest absolute Gasteiger partial charge is 0.309 e. The number of nitrogens with zero attached hydrogens (tertiary/aromatic N) is 1. The molecule has 2 aliphatic rings. The summed E-state index contributed by atoms with van der Waals surface area (Å²) in [5.41, 5.74) is -0.571. The highest BCUT2D eigenvalue weighted by Gasteiger charge is 2.39. The maximum absolute atomic E-state index is 11.3. The molecule has 0 bridgehead atoms. The van der Waals surface area contributed by atoms with Crippen molar-refractivity contribution >= 4 is 5.97 Å². The van der Waals surface area contributed by atoms with Crippen LogP contribution >= 0.6 is 0 Å². The highest BCUT2D eigenvalue weighted by atomic mass is 16.4. The minimum Gasteiger partial charge on any atom is -0.481 e. The van der Waals surface area contributed by atoms with Crippen LogP contribution in [0.4, 0.5) is 0 Å². The molecule has 17 heavy (non-hydrogen) atoms. The van der Waals surface area contributed by atoms with Crippen molar-refractivity contribution in [3.8, 4) is 0 Å². The molecular formula is C14H25NO2. The van der Waals surface area contributed by atoms with Crippen LogP contribution in [0.5, 0.6) is 0 Å². The number of hydrogen-bond donors (Lipinski definition) is 1. The van der Waals surface area contributed by atoms with Gasteiger partial charge in [0, 0.05) is 6.54 Å². The van der Waals surface area contributed by atoms with Crippen molar-refractivity contribution in [1.29, 1.82) is 0 Å². The van der Waals surface area contributed by atoms with Gasteiger partial charge in [0.1, 0.15) is 0 Å². The van der Waals surface area contributed by atoms with E-state index in [-0.39, 0.29) is 0 Å². The predicted octanol–water partition coefficient (Wildman–Crippen LogP) is 2.61. The second-order valence-corrected chi connectivity index (χ2v) is 6.40. The number of piperidine rings is 1. The largest absolute Gasteiger partial charge is 0.481 e. The van der Waals surface area contributed by atoms with E-state index >= 15 is 0 Å². The predicted molar refractivity (Wildman–Crippen MR) is 67.9 cm³/mol. The lowest BCUT2D eigenvalue weighted by molar-refractivity contribution is -0.151. The average Bonchev–Trinajstić information content (AvgIpc) is 3.10. The minimum atomic E-state index is -0.647. The highest BCUT2D eigenvalue weighted by molar-refractivity contribution is 5.74. The summed E-state index contributed by atoms with van der Waals surface area (Å²) < 4.78 is 0. The molecule has 98 valence electrons. The fourth-order valence-corrected chi connectivity index (χ4v) is 2.79. The first-order valence-electron chi connectivity index (χ1n) is 6.96. The monoisotopic (exact) mass is 239 g/mol. The standard InChI is InChI=1S/C14H25NO2/c1-14(2,13(16)17)12-4-3-8-15(10-12)9-7-11-5-6-11/h11-12H,3-10H2,1-2H3,(H,16,17). The second kappa shape index (κ2) is 4.97. The molecule has 3 heteroatoms. The summed E-state index contributed by atoms with van der Waals surface area (Å²) in [6.45, 7) is 7.08. The Bertz CT molecular complexity index is 284. The van der Waals surface area contributed by atoms with E-state index in [4.69, 9.17) is 0 Å². The average molecular weight is 239 g/mol. The zero-order chi connectivity index (χ0) is 12.5. The second-order valence-electron chi connectivity index (χ2n) is 6.40. The van der Waals surface area contributed by atoms with Crippen molar-refractivity contribution in [3.63, 3.8) is 0 Å². The van der Waals surface area contributed by atoms with Crippen molar-refractivity contribution in [3.05, 3.63) is 0 Å². The van der Waals surface area contributed by atoms with Crippen LogP contribution in [0, 0.1) is 17.3 Å². The van der Waals surface area contributed by atoms with Gasteiger partial charge >= 0.3 is 5.97 Å². The fraction of sp³-hybridized carbons (Fsp3) is 0.929. The maximum Gasteiger partial charge on any atom is 0.309 e.